The lowest BCUT2D eigenvalue weighted by Crippen LogP contribution is -2.68. The molecular formula is C18H33NO13. The maximum atomic E-state index is 10.5. The number of hydrogen-bond donors (Lipinski definition) is 10. The van der Waals surface area contributed by atoms with Crippen molar-refractivity contribution in [2.24, 2.45) is 0 Å². The summed E-state index contributed by atoms with van der Waals surface area (Å²) in [6.45, 7) is 0.224. The van der Waals surface area contributed by atoms with Gasteiger partial charge in [0.1, 0.15) is 54.9 Å². The van der Waals surface area contributed by atoms with Gasteiger partial charge in [0.05, 0.1) is 31.5 Å². The largest absolute Gasteiger partial charge is 0.395 e. The third-order valence-corrected chi connectivity index (χ3v) is 6.12. The lowest BCUT2D eigenvalue weighted by Gasteiger charge is -2.47. The van der Waals surface area contributed by atoms with Crippen LogP contribution in [0.2, 0.25) is 0 Å². The van der Waals surface area contributed by atoms with Crippen molar-refractivity contribution in [1.29, 1.82) is 0 Å². The van der Waals surface area contributed by atoms with Crippen LogP contribution < -0.4 is 5.32 Å². The average molecular weight is 471 g/mol. The minimum absolute atomic E-state index is 0.0476. The summed E-state index contributed by atoms with van der Waals surface area (Å²) in [6.07, 6.45) is -18.6. The normalized spacial score (nSPS) is 52.7. The average Bonchev–Trinajstić information content (AvgIpc) is 2.78. The van der Waals surface area contributed by atoms with Crippen molar-refractivity contribution in [2.75, 3.05) is 19.8 Å². The fourth-order valence-electron chi connectivity index (χ4n) is 4.08. The van der Waals surface area contributed by atoms with Gasteiger partial charge in [0.15, 0.2) is 12.6 Å². The molecule has 0 aromatic heterocycles. The molecule has 10 N–H and O–H groups in total. The van der Waals surface area contributed by atoms with Gasteiger partial charge in [-0.3, -0.25) is 0 Å². The van der Waals surface area contributed by atoms with Crippen molar-refractivity contribution in [3.8, 4) is 0 Å². The smallest absolute Gasteiger partial charge is 0.187 e. The number of nitrogens with one attached hydrogen (secondary N) is 1. The molecule has 0 unspecified atom stereocenters. The Labute approximate surface area is 183 Å². The van der Waals surface area contributed by atoms with E-state index in [-0.39, 0.29) is 6.54 Å². The lowest BCUT2D eigenvalue weighted by atomic mass is 9.94. The minimum Gasteiger partial charge on any atom is -0.395 e. The summed E-state index contributed by atoms with van der Waals surface area (Å²) in [7, 11) is 0. The molecule has 0 amide bonds. The van der Waals surface area contributed by atoms with Crippen molar-refractivity contribution in [3.63, 3.8) is 0 Å². The molecule has 188 valence electrons. The number of piperidine rings is 1. The molecule has 14 atom stereocenters. The van der Waals surface area contributed by atoms with Gasteiger partial charge in [-0.2, -0.15) is 0 Å². The molecule has 3 saturated heterocycles. The number of hydrogen-bond acceptors (Lipinski definition) is 14. The van der Waals surface area contributed by atoms with Crippen molar-refractivity contribution in [3.05, 3.63) is 0 Å². The quantitative estimate of drug-likeness (QED) is 0.174. The summed E-state index contributed by atoms with van der Waals surface area (Å²) in [5, 5.41) is 92.8. The second kappa shape index (κ2) is 10.8. The molecule has 3 heterocycles. The van der Waals surface area contributed by atoms with Gasteiger partial charge in [0.2, 0.25) is 0 Å². The van der Waals surface area contributed by atoms with Crippen molar-refractivity contribution in [2.45, 2.75) is 92.7 Å². The van der Waals surface area contributed by atoms with Crippen LogP contribution in [0.15, 0.2) is 0 Å². The van der Waals surface area contributed by atoms with Gasteiger partial charge in [0, 0.05) is 6.54 Å². The lowest BCUT2D eigenvalue weighted by molar-refractivity contribution is -0.350. The fraction of sp³-hybridized carbons (Fsp3) is 1.00. The third-order valence-electron chi connectivity index (χ3n) is 6.12. The Morgan fingerprint density at radius 3 is 1.88 bits per heavy atom. The van der Waals surface area contributed by atoms with E-state index in [2.05, 4.69) is 5.32 Å². The molecule has 3 aliphatic heterocycles. The summed E-state index contributed by atoms with van der Waals surface area (Å²) in [5.74, 6) is 0. The molecule has 14 heteroatoms. The first-order valence-electron chi connectivity index (χ1n) is 10.4. The maximum absolute atomic E-state index is 10.5. The molecule has 0 saturated carbocycles. The first-order chi connectivity index (χ1) is 15.1. The first-order valence-corrected chi connectivity index (χ1v) is 10.4. The van der Waals surface area contributed by atoms with Crippen LogP contribution >= 0.6 is 0 Å². The van der Waals surface area contributed by atoms with Gasteiger partial charge in [0.25, 0.3) is 0 Å². The van der Waals surface area contributed by atoms with Crippen LogP contribution in [0.3, 0.4) is 0 Å². The summed E-state index contributed by atoms with van der Waals surface area (Å²) >= 11 is 0. The Balaban J connectivity index is 1.79. The molecule has 0 aliphatic carbocycles. The second-order valence-electron chi connectivity index (χ2n) is 8.34. The van der Waals surface area contributed by atoms with Gasteiger partial charge in [-0.25, -0.2) is 0 Å². The number of ether oxygens (including phenoxy) is 4. The standard InChI is InChI=1S/C18H33NO13/c1-5-9(23)11(25)13(27)17(29-5)32-16-7(22)2-19-6(3-20)15(16)31-18-14(28)12(26)10(24)8(4-21)30-18/h5-28H,2-4H2,1H3/t5-,6+,7-,8+,9+,10-,11+,12-,13-,14+,15+,16+,17-,18-/m0/s1. The maximum Gasteiger partial charge on any atom is 0.187 e. The van der Waals surface area contributed by atoms with Crippen molar-refractivity contribution in [1.82, 2.24) is 5.32 Å². The van der Waals surface area contributed by atoms with Crippen LogP contribution in [-0.4, -0.2) is 151 Å². The number of rotatable bonds is 6. The Kier molecular flexibility index (Phi) is 8.79. The van der Waals surface area contributed by atoms with Crippen LogP contribution in [0.4, 0.5) is 0 Å². The number of β-amino-alcohol motifs (C(OH)–C–C–N with tert-alkyl or cyclic N) is 1. The molecule has 14 nitrogen and oxygen atoms in total. The molecule has 0 radical (unpaired) electrons. The minimum atomic E-state index is -1.74. The topological polar surface area (TPSA) is 231 Å². The molecule has 0 aromatic rings. The number of aliphatic hydroxyl groups excluding tert-OH is 9. The van der Waals surface area contributed by atoms with Gasteiger partial charge in [-0.05, 0) is 6.92 Å². The van der Waals surface area contributed by atoms with E-state index < -0.39 is 99.0 Å². The first kappa shape index (κ1) is 26.1. The summed E-state index contributed by atoms with van der Waals surface area (Å²) < 4.78 is 22.2. The molecule has 3 fully saturated rings. The van der Waals surface area contributed by atoms with Gasteiger partial charge < -0.3 is 70.2 Å². The molecule has 0 spiro atoms. The SMILES string of the molecule is C[C@@H]1O[C@@H](O[C@H]2[C@H](O[C@@H]3O[C@H](CO)[C@H](O)[C@H](O)[C@H]3O)[C@@H](CO)NC[C@@H]2O)[C@@H](O)[C@H](O)[C@@H]1O. The summed E-state index contributed by atoms with van der Waals surface area (Å²) in [4.78, 5) is 0. The Morgan fingerprint density at radius 2 is 1.28 bits per heavy atom. The van der Waals surface area contributed by atoms with Crippen LogP contribution in [0.1, 0.15) is 6.92 Å². The van der Waals surface area contributed by atoms with Gasteiger partial charge in [-0.15, -0.1) is 0 Å². The second-order valence-corrected chi connectivity index (χ2v) is 8.34. The molecule has 3 aliphatic rings. The summed E-state index contributed by atoms with van der Waals surface area (Å²) in [5.41, 5.74) is 0. The highest BCUT2D eigenvalue weighted by molar-refractivity contribution is 4.98. The van der Waals surface area contributed by atoms with E-state index in [0.717, 1.165) is 0 Å². The Morgan fingerprint density at radius 1 is 0.719 bits per heavy atom. The highest BCUT2D eigenvalue weighted by Gasteiger charge is 2.51. The van der Waals surface area contributed by atoms with E-state index in [1.165, 1.54) is 6.92 Å². The molecule has 0 aromatic carbocycles. The van der Waals surface area contributed by atoms with Gasteiger partial charge >= 0.3 is 0 Å². The van der Waals surface area contributed by atoms with Crippen LogP contribution in [0.25, 0.3) is 0 Å². The monoisotopic (exact) mass is 471 g/mol. The molecule has 0 bridgehead atoms. The van der Waals surface area contributed by atoms with Crippen molar-refractivity contribution >= 4 is 0 Å². The molecule has 32 heavy (non-hydrogen) atoms. The zero-order valence-corrected chi connectivity index (χ0v) is 17.4. The Hall–Kier alpha value is -0.560. The number of aliphatic hydroxyl groups is 9. The van der Waals surface area contributed by atoms with Crippen molar-refractivity contribution < 1.29 is 64.9 Å². The predicted molar refractivity (Wildman–Crippen MR) is 101 cm³/mol. The van der Waals surface area contributed by atoms with E-state index in [0.29, 0.717) is 0 Å². The zero-order chi connectivity index (χ0) is 23.7. The highest BCUT2D eigenvalue weighted by atomic mass is 16.7. The third kappa shape index (κ3) is 5.08. The summed E-state index contributed by atoms with van der Waals surface area (Å²) in [6, 6.07) is -0.857. The Bertz CT molecular complexity index is 599. The van der Waals surface area contributed by atoms with Gasteiger partial charge in [-0.1, -0.05) is 0 Å². The van der Waals surface area contributed by atoms with Crippen LogP contribution in [0, 0.1) is 0 Å². The van der Waals surface area contributed by atoms with Crippen LogP contribution in [0.5, 0.6) is 0 Å². The predicted octanol–water partition coefficient (Wildman–Crippen LogP) is -6.29. The molecular weight excluding hydrogens is 438 g/mol. The van der Waals surface area contributed by atoms with E-state index >= 15 is 0 Å². The van der Waals surface area contributed by atoms with E-state index in [4.69, 9.17) is 18.9 Å². The molecule has 3 rings (SSSR count). The van der Waals surface area contributed by atoms with E-state index in [9.17, 15) is 46.0 Å². The highest BCUT2D eigenvalue weighted by Crippen LogP contribution is 2.30. The van der Waals surface area contributed by atoms with E-state index in [1.807, 2.05) is 0 Å². The van der Waals surface area contributed by atoms with Crippen LogP contribution in [-0.2, 0) is 18.9 Å². The fourth-order valence-corrected chi connectivity index (χ4v) is 4.08. The zero-order valence-electron chi connectivity index (χ0n) is 17.4. The van der Waals surface area contributed by atoms with E-state index in [1.54, 1.807) is 0 Å².